The molecule has 0 atom stereocenters. The summed E-state index contributed by atoms with van der Waals surface area (Å²) in [6.07, 6.45) is 1.96. The number of nitrogens with zero attached hydrogens (tertiary/aromatic N) is 2. The number of anilines is 1. The van der Waals surface area contributed by atoms with E-state index in [2.05, 4.69) is 0 Å². The van der Waals surface area contributed by atoms with E-state index in [1.807, 2.05) is 56.3 Å². The van der Waals surface area contributed by atoms with Crippen LogP contribution < -0.4 is 9.64 Å². The van der Waals surface area contributed by atoms with Crippen LogP contribution in [0, 0.1) is 0 Å². The highest BCUT2D eigenvalue weighted by atomic mass is 35.5. The molecule has 7 heteroatoms. The van der Waals surface area contributed by atoms with Crippen molar-refractivity contribution in [2.45, 2.75) is 20.0 Å². The normalized spacial score (nSPS) is 16.4. The van der Waals surface area contributed by atoms with Gasteiger partial charge in [-0.1, -0.05) is 35.3 Å². The van der Waals surface area contributed by atoms with E-state index < -0.39 is 0 Å². The second kappa shape index (κ2) is 9.82. The molecule has 32 heavy (non-hydrogen) atoms. The summed E-state index contributed by atoms with van der Waals surface area (Å²) >= 11 is 13.4. The molecule has 1 fully saturated rings. The molecule has 1 aliphatic heterocycles. The second-order valence-electron chi connectivity index (χ2n) is 7.33. The third-order valence-electron chi connectivity index (χ3n) is 4.49. The lowest BCUT2D eigenvalue weighted by molar-refractivity contribution is -0.113. The summed E-state index contributed by atoms with van der Waals surface area (Å²) in [5, 5.41) is 1.79. The largest absolute Gasteiger partial charge is 0.491 e. The molecule has 0 aromatic heterocycles. The summed E-state index contributed by atoms with van der Waals surface area (Å²) in [4.78, 5) is 20.2. The summed E-state index contributed by atoms with van der Waals surface area (Å²) in [5.74, 6) is 0.646. The van der Waals surface area contributed by atoms with Crippen molar-refractivity contribution in [2.75, 3.05) is 4.90 Å². The summed E-state index contributed by atoms with van der Waals surface area (Å²) in [6, 6.07) is 21.9. The van der Waals surface area contributed by atoms with Crippen molar-refractivity contribution in [3.8, 4) is 5.75 Å². The topological polar surface area (TPSA) is 41.9 Å². The molecule has 3 aromatic rings. The van der Waals surface area contributed by atoms with Gasteiger partial charge in [-0.3, -0.25) is 9.69 Å². The Morgan fingerprint density at radius 2 is 1.50 bits per heavy atom. The van der Waals surface area contributed by atoms with E-state index >= 15 is 0 Å². The zero-order valence-electron chi connectivity index (χ0n) is 17.5. The molecule has 1 saturated heterocycles. The molecule has 0 radical (unpaired) electrons. The Labute approximate surface area is 201 Å². The Balaban J connectivity index is 1.69. The predicted octanol–water partition coefficient (Wildman–Crippen LogP) is 7.59. The average Bonchev–Trinajstić information content (AvgIpc) is 3.06. The van der Waals surface area contributed by atoms with Crippen LogP contribution in [0.1, 0.15) is 19.4 Å². The number of benzene rings is 3. The van der Waals surface area contributed by atoms with Crippen LogP contribution in [0.5, 0.6) is 5.75 Å². The predicted molar refractivity (Wildman–Crippen MR) is 135 cm³/mol. The zero-order chi connectivity index (χ0) is 22.7. The fourth-order valence-electron chi connectivity index (χ4n) is 3.06. The molecular formula is C25H20Cl2N2O2S. The number of rotatable bonds is 5. The van der Waals surface area contributed by atoms with E-state index in [0.29, 0.717) is 31.5 Å². The van der Waals surface area contributed by atoms with Crippen LogP contribution in [0.2, 0.25) is 10.0 Å². The van der Waals surface area contributed by atoms with Gasteiger partial charge in [0.1, 0.15) is 5.75 Å². The Morgan fingerprint density at radius 3 is 2.09 bits per heavy atom. The number of hydrogen-bond acceptors (Lipinski definition) is 4. The average molecular weight is 483 g/mol. The van der Waals surface area contributed by atoms with E-state index in [0.717, 1.165) is 11.3 Å². The standard InChI is InChI=1S/C25H20Cl2N2O2S/c1-16(2)31-22-13-3-17(4-14-22)15-23-24(30)29(21-11-7-19(27)8-12-21)25(32-23)28-20-9-5-18(26)6-10-20/h3-16H,1-2H3/b23-15-,28-25?. The van der Waals surface area contributed by atoms with E-state index in [9.17, 15) is 4.79 Å². The number of amides is 1. The van der Waals surface area contributed by atoms with Crippen LogP contribution in [-0.4, -0.2) is 17.2 Å². The smallest absolute Gasteiger partial charge is 0.271 e. The molecule has 1 aliphatic rings. The molecule has 3 aromatic carbocycles. The zero-order valence-corrected chi connectivity index (χ0v) is 19.8. The fourth-order valence-corrected chi connectivity index (χ4v) is 4.31. The second-order valence-corrected chi connectivity index (χ2v) is 9.22. The first-order chi connectivity index (χ1) is 15.4. The maximum absolute atomic E-state index is 13.3. The van der Waals surface area contributed by atoms with Crippen molar-refractivity contribution in [3.05, 3.63) is 93.3 Å². The van der Waals surface area contributed by atoms with Gasteiger partial charge in [-0.15, -0.1) is 0 Å². The van der Waals surface area contributed by atoms with Crippen LogP contribution in [0.4, 0.5) is 11.4 Å². The van der Waals surface area contributed by atoms with Gasteiger partial charge in [-0.05, 0) is 97.9 Å². The van der Waals surface area contributed by atoms with Crippen molar-refractivity contribution >= 4 is 63.5 Å². The summed E-state index contributed by atoms with van der Waals surface area (Å²) in [6.45, 7) is 3.97. The number of aliphatic imine (C=N–C) groups is 1. The highest BCUT2D eigenvalue weighted by molar-refractivity contribution is 8.19. The van der Waals surface area contributed by atoms with E-state index in [1.165, 1.54) is 11.8 Å². The maximum Gasteiger partial charge on any atom is 0.271 e. The van der Waals surface area contributed by atoms with E-state index in [4.69, 9.17) is 32.9 Å². The van der Waals surface area contributed by atoms with Gasteiger partial charge in [0, 0.05) is 10.0 Å². The van der Waals surface area contributed by atoms with E-state index in [1.54, 1.807) is 41.3 Å². The molecule has 0 spiro atoms. The van der Waals surface area contributed by atoms with Crippen LogP contribution >= 0.6 is 35.0 Å². The number of hydrogen-bond donors (Lipinski definition) is 0. The van der Waals surface area contributed by atoms with E-state index in [-0.39, 0.29) is 12.0 Å². The molecule has 0 unspecified atom stereocenters. The third-order valence-corrected chi connectivity index (χ3v) is 5.97. The number of carbonyl (C=O) groups excluding carboxylic acids is 1. The summed E-state index contributed by atoms with van der Waals surface area (Å²) in [7, 11) is 0. The van der Waals surface area contributed by atoms with Crippen molar-refractivity contribution in [2.24, 2.45) is 4.99 Å². The SMILES string of the molecule is CC(C)Oc1ccc(/C=C2\SC(=Nc3ccc(Cl)cc3)N(c3ccc(Cl)cc3)C2=O)cc1. The molecule has 4 rings (SSSR count). The van der Waals surface area contributed by atoms with Crippen LogP contribution in [0.25, 0.3) is 6.08 Å². The maximum atomic E-state index is 13.3. The molecular weight excluding hydrogens is 463 g/mol. The first-order valence-corrected chi connectivity index (χ1v) is 11.6. The molecule has 0 aliphatic carbocycles. The Bertz CT molecular complexity index is 1170. The summed E-state index contributed by atoms with van der Waals surface area (Å²) < 4.78 is 5.70. The molecule has 0 N–H and O–H groups in total. The number of halogens is 2. The molecule has 162 valence electrons. The molecule has 1 amide bonds. The Hall–Kier alpha value is -2.73. The molecule has 4 nitrogen and oxygen atoms in total. The molecule has 0 bridgehead atoms. The third kappa shape index (κ3) is 5.36. The monoisotopic (exact) mass is 482 g/mol. The van der Waals surface area contributed by atoms with Crippen molar-refractivity contribution in [3.63, 3.8) is 0 Å². The van der Waals surface area contributed by atoms with Gasteiger partial charge in [-0.2, -0.15) is 0 Å². The number of carbonyl (C=O) groups is 1. The Kier molecular flexibility index (Phi) is 6.89. The van der Waals surface area contributed by atoms with Gasteiger partial charge in [0.15, 0.2) is 5.17 Å². The van der Waals surface area contributed by atoms with Gasteiger partial charge in [0.05, 0.1) is 22.4 Å². The number of ether oxygens (including phenoxy) is 1. The van der Waals surface area contributed by atoms with Gasteiger partial charge in [-0.25, -0.2) is 4.99 Å². The van der Waals surface area contributed by atoms with Crippen LogP contribution in [-0.2, 0) is 4.79 Å². The lowest BCUT2D eigenvalue weighted by atomic mass is 10.2. The number of amidine groups is 1. The van der Waals surface area contributed by atoms with Crippen molar-refractivity contribution in [1.29, 1.82) is 0 Å². The lowest BCUT2D eigenvalue weighted by Crippen LogP contribution is -2.28. The lowest BCUT2D eigenvalue weighted by Gasteiger charge is -2.15. The van der Waals surface area contributed by atoms with Crippen molar-refractivity contribution < 1.29 is 9.53 Å². The fraction of sp³-hybridized carbons (Fsp3) is 0.120. The van der Waals surface area contributed by atoms with Gasteiger partial charge in [0.25, 0.3) is 5.91 Å². The first-order valence-electron chi connectivity index (χ1n) is 9.99. The molecule has 0 saturated carbocycles. The van der Waals surface area contributed by atoms with Crippen LogP contribution in [0.15, 0.2) is 82.7 Å². The van der Waals surface area contributed by atoms with Crippen molar-refractivity contribution in [1.82, 2.24) is 0 Å². The highest BCUT2D eigenvalue weighted by Crippen LogP contribution is 2.38. The minimum Gasteiger partial charge on any atom is -0.491 e. The van der Waals surface area contributed by atoms with Gasteiger partial charge >= 0.3 is 0 Å². The van der Waals surface area contributed by atoms with Crippen LogP contribution in [0.3, 0.4) is 0 Å². The Morgan fingerprint density at radius 1 is 0.906 bits per heavy atom. The summed E-state index contributed by atoms with van der Waals surface area (Å²) in [5.41, 5.74) is 2.31. The van der Waals surface area contributed by atoms with Gasteiger partial charge < -0.3 is 4.74 Å². The number of thioether (sulfide) groups is 1. The molecule has 1 heterocycles. The quantitative estimate of drug-likeness (QED) is 0.351. The van der Waals surface area contributed by atoms with Gasteiger partial charge in [0.2, 0.25) is 0 Å². The highest BCUT2D eigenvalue weighted by Gasteiger charge is 2.34. The minimum absolute atomic E-state index is 0.103. The first kappa shape index (κ1) is 22.5. The minimum atomic E-state index is -0.146.